The van der Waals surface area contributed by atoms with E-state index in [-0.39, 0.29) is 23.8 Å². The molecule has 3 heterocycles. The van der Waals surface area contributed by atoms with Crippen LogP contribution in [0.25, 0.3) is 0 Å². The zero-order valence-electron chi connectivity index (χ0n) is 17.0. The molecule has 2 aliphatic rings. The molecule has 3 rings (SSSR count). The monoisotopic (exact) mass is 388 g/mol. The van der Waals surface area contributed by atoms with Crippen molar-refractivity contribution in [1.29, 1.82) is 0 Å². The first-order valence-electron chi connectivity index (χ1n) is 10.5. The number of carbonyl (C=O) groups is 2. The molecule has 0 radical (unpaired) electrons. The lowest BCUT2D eigenvalue weighted by Crippen LogP contribution is -2.51. The van der Waals surface area contributed by atoms with Crippen molar-refractivity contribution in [2.75, 3.05) is 44.2 Å². The van der Waals surface area contributed by atoms with Gasteiger partial charge in [-0.2, -0.15) is 0 Å². The molecule has 2 fully saturated rings. The smallest absolute Gasteiger partial charge is 0.255 e. The Morgan fingerprint density at radius 3 is 2.64 bits per heavy atom. The van der Waals surface area contributed by atoms with Gasteiger partial charge in [-0.3, -0.25) is 9.59 Å². The summed E-state index contributed by atoms with van der Waals surface area (Å²) in [4.78, 5) is 33.8. The predicted octanol–water partition coefficient (Wildman–Crippen LogP) is 2.08. The Labute approximate surface area is 167 Å². The average Bonchev–Trinajstić information content (AvgIpc) is 3.26. The van der Waals surface area contributed by atoms with E-state index >= 15 is 0 Å². The summed E-state index contributed by atoms with van der Waals surface area (Å²) in [6.07, 6.45) is 5.64. The lowest BCUT2D eigenvalue weighted by atomic mass is 10.0. The molecular weight excluding hydrogens is 356 g/mol. The fourth-order valence-electron chi connectivity index (χ4n) is 3.97. The van der Waals surface area contributed by atoms with Gasteiger partial charge in [0.15, 0.2) is 0 Å². The van der Waals surface area contributed by atoms with Crippen molar-refractivity contribution in [3.05, 3.63) is 23.9 Å². The summed E-state index contributed by atoms with van der Waals surface area (Å²) in [7, 11) is 0. The number of rotatable bonds is 7. The molecule has 2 saturated heterocycles. The third kappa shape index (κ3) is 4.82. The number of anilines is 1. The van der Waals surface area contributed by atoms with E-state index in [1.165, 1.54) is 0 Å². The van der Waals surface area contributed by atoms with Crippen molar-refractivity contribution in [2.45, 2.75) is 45.6 Å². The van der Waals surface area contributed by atoms with Gasteiger partial charge in [-0.05, 0) is 37.8 Å². The van der Waals surface area contributed by atoms with Crippen LogP contribution >= 0.6 is 0 Å². The predicted molar refractivity (Wildman–Crippen MR) is 108 cm³/mol. The second-order valence-electron chi connectivity index (χ2n) is 7.55. The van der Waals surface area contributed by atoms with Crippen molar-refractivity contribution < 1.29 is 14.3 Å². The molecular formula is C21H32N4O3. The molecule has 1 N–H and O–H groups in total. The van der Waals surface area contributed by atoms with Crippen LogP contribution in [-0.4, -0.2) is 67.1 Å². The standard InChI is InChI=1S/C21H32N4O3/c1-3-16(4-2)21(27)25-12-10-24(11-13-25)19-18(8-5-9-22-19)20(26)23-15-17-7-6-14-28-17/h5,8-9,16-17H,3-4,6-7,10-15H2,1-2H3,(H,23,26)/t17-/m0/s1. The van der Waals surface area contributed by atoms with Gasteiger partial charge in [0, 0.05) is 51.4 Å². The minimum absolute atomic E-state index is 0.112. The van der Waals surface area contributed by atoms with Gasteiger partial charge in [-0.25, -0.2) is 4.98 Å². The second kappa shape index (κ2) is 9.87. The zero-order chi connectivity index (χ0) is 19.9. The molecule has 28 heavy (non-hydrogen) atoms. The maximum Gasteiger partial charge on any atom is 0.255 e. The summed E-state index contributed by atoms with van der Waals surface area (Å²) in [6.45, 7) is 8.16. The Balaban J connectivity index is 1.60. The Morgan fingerprint density at radius 1 is 1.25 bits per heavy atom. The van der Waals surface area contributed by atoms with Gasteiger partial charge in [-0.1, -0.05) is 13.8 Å². The first-order valence-corrected chi connectivity index (χ1v) is 10.5. The van der Waals surface area contributed by atoms with Crippen LogP contribution in [0.15, 0.2) is 18.3 Å². The molecule has 0 spiro atoms. The minimum atomic E-state index is -0.117. The SMILES string of the molecule is CCC(CC)C(=O)N1CCN(c2ncccc2C(=O)NC[C@@H]2CCCO2)CC1. The summed E-state index contributed by atoms with van der Waals surface area (Å²) >= 11 is 0. The Bertz CT molecular complexity index is 663. The summed E-state index contributed by atoms with van der Waals surface area (Å²) in [5.74, 6) is 0.942. The fourth-order valence-corrected chi connectivity index (χ4v) is 3.97. The number of nitrogens with one attached hydrogen (secondary N) is 1. The highest BCUT2D eigenvalue weighted by molar-refractivity contribution is 5.99. The average molecular weight is 389 g/mol. The van der Waals surface area contributed by atoms with E-state index in [2.05, 4.69) is 29.0 Å². The molecule has 0 aliphatic carbocycles. The first-order chi connectivity index (χ1) is 13.6. The van der Waals surface area contributed by atoms with Crippen molar-refractivity contribution in [3.8, 4) is 0 Å². The van der Waals surface area contributed by atoms with E-state index in [4.69, 9.17) is 4.74 Å². The van der Waals surface area contributed by atoms with Crippen molar-refractivity contribution in [2.24, 2.45) is 5.92 Å². The quantitative estimate of drug-likeness (QED) is 0.774. The van der Waals surface area contributed by atoms with Gasteiger partial charge in [-0.15, -0.1) is 0 Å². The van der Waals surface area contributed by atoms with E-state index in [0.717, 1.165) is 32.3 Å². The number of aromatic nitrogens is 1. The Hall–Kier alpha value is -2.15. The number of nitrogens with zero attached hydrogens (tertiary/aromatic N) is 3. The number of piperazine rings is 1. The second-order valence-corrected chi connectivity index (χ2v) is 7.55. The molecule has 7 nitrogen and oxygen atoms in total. The molecule has 7 heteroatoms. The van der Waals surface area contributed by atoms with Gasteiger partial charge in [0.25, 0.3) is 5.91 Å². The van der Waals surface area contributed by atoms with Crippen LogP contribution in [0, 0.1) is 5.92 Å². The van der Waals surface area contributed by atoms with E-state index in [9.17, 15) is 9.59 Å². The molecule has 154 valence electrons. The highest BCUT2D eigenvalue weighted by Crippen LogP contribution is 2.21. The number of hydrogen-bond donors (Lipinski definition) is 1. The van der Waals surface area contributed by atoms with Crippen LogP contribution in [-0.2, 0) is 9.53 Å². The fraction of sp³-hybridized carbons (Fsp3) is 0.667. The van der Waals surface area contributed by atoms with Gasteiger partial charge in [0.2, 0.25) is 5.91 Å². The van der Waals surface area contributed by atoms with Crippen molar-refractivity contribution in [3.63, 3.8) is 0 Å². The third-order valence-corrected chi connectivity index (χ3v) is 5.77. The minimum Gasteiger partial charge on any atom is -0.376 e. The maximum atomic E-state index is 12.7. The zero-order valence-corrected chi connectivity index (χ0v) is 17.0. The van der Waals surface area contributed by atoms with Crippen LogP contribution in [0.5, 0.6) is 0 Å². The molecule has 0 bridgehead atoms. The Morgan fingerprint density at radius 2 is 2.00 bits per heavy atom. The number of pyridine rings is 1. The largest absolute Gasteiger partial charge is 0.376 e. The van der Waals surface area contributed by atoms with E-state index < -0.39 is 0 Å². The maximum absolute atomic E-state index is 12.7. The van der Waals surface area contributed by atoms with E-state index in [0.29, 0.717) is 44.1 Å². The molecule has 2 amide bonds. The molecule has 1 aromatic rings. The first kappa shape index (κ1) is 20.6. The molecule has 0 unspecified atom stereocenters. The van der Waals surface area contributed by atoms with Crippen LogP contribution < -0.4 is 10.2 Å². The van der Waals surface area contributed by atoms with Gasteiger partial charge in [0.05, 0.1) is 11.7 Å². The summed E-state index contributed by atoms with van der Waals surface area (Å²) in [6, 6.07) is 3.60. The van der Waals surface area contributed by atoms with Gasteiger partial charge < -0.3 is 19.9 Å². The number of hydrogen-bond acceptors (Lipinski definition) is 5. The highest BCUT2D eigenvalue weighted by atomic mass is 16.5. The van der Waals surface area contributed by atoms with Crippen LogP contribution in [0.3, 0.4) is 0 Å². The number of carbonyl (C=O) groups excluding carboxylic acids is 2. The van der Waals surface area contributed by atoms with Gasteiger partial charge in [0.1, 0.15) is 5.82 Å². The summed E-state index contributed by atoms with van der Waals surface area (Å²) < 4.78 is 5.58. The van der Waals surface area contributed by atoms with Gasteiger partial charge >= 0.3 is 0 Å². The van der Waals surface area contributed by atoms with Crippen LogP contribution in [0.4, 0.5) is 5.82 Å². The molecule has 1 aromatic heterocycles. The number of amides is 2. The number of ether oxygens (including phenoxy) is 1. The molecule has 1 atom stereocenters. The van der Waals surface area contributed by atoms with Crippen molar-refractivity contribution in [1.82, 2.24) is 15.2 Å². The molecule has 0 saturated carbocycles. The lowest BCUT2D eigenvalue weighted by molar-refractivity contribution is -0.136. The highest BCUT2D eigenvalue weighted by Gasteiger charge is 2.28. The van der Waals surface area contributed by atoms with E-state index in [1.54, 1.807) is 12.3 Å². The molecule has 0 aromatic carbocycles. The van der Waals surface area contributed by atoms with Crippen LogP contribution in [0.2, 0.25) is 0 Å². The summed E-state index contributed by atoms with van der Waals surface area (Å²) in [5.41, 5.74) is 0.584. The molecule has 2 aliphatic heterocycles. The lowest BCUT2D eigenvalue weighted by Gasteiger charge is -2.37. The topological polar surface area (TPSA) is 74.8 Å². The van der Waals surface area contributed by atoms with Crippen molar-refractivity contribution >= 4 is 17.6 Å². The third-order valence-electron chi connectivity index (χ3n) is 5.77. The Kier molecular flexibility index (Phi) is 7.25. The summed E-state index contributed by atoms with van der Waals surface area (Å²) in [5, 5.41) is 2.98. The van der Waals surface area contributed by atoms with Crippen LogP contribution in [0.1, 0.15) is 49.9 Å². The normalized spacial score (nSPS) is 19.9. The van der Waals surface area contributed by atoms with E-state index in [1.807, 2.05) is 11.0 Å².